The Labute approximate surface area is 103 Å². The van der Waals surface area contributed by atoms with Crippen LogP contribution in [-0.4, -0.2) is 15.9 Å². The highest BCUT2D eigenvalue weighted by Gasteiger charge is 2.12. The van der Waals surface area contributed by atoms with Crippen molar-refractivity contribution in [1.29, 1.82) is 0 Å². The maximum Gasteiger partial charge on any atom is 0.249 e. The van der Waals surface area contributed by atoms with Crippen LogP contribution in [0.15, 0.2) is 48.8 Å². The minimum atomic E-state index is -0.427. The maximum absolute atomic E-state index is 11.4. The highest BCUT2D eigenvalue weighted by Crippen LogP contribution is 2.29. The molecule has 3 rings (SSSR count). The first-order valence-corrected chi connectivity index (χ1v) is 5.58. The van der Waals surface area contributed by atoms with Crippen LogP contribution < -0.4 is 5.73 Å². The minimum Gasteiger partial charge on any atom is -0.366 e. The molecule has 0 bridgehead atoms. The molecule has 0 aliphatic heterocycles. The molecule has 0 spiro atoms. The molecule has 0 saturated carbocycles. The lowest BCUT2D eigenvalue weighted by Crippen LogP contribution is -2.12. The number of hydrogen-bond acceptors (Lipinski definition) is 2. The van der Waals surface area contributed by atoms with Crippen LogP contribution in [0.3, 0.4) is 0 Å². The summed E-state index contributed by atoms with van der Waals surface area (Å²) in [7, 11) is 0. The summed E-state index contributed by atoms with van der Waals surface area (Å²) in [5.74, 6) is -0.427. The van der Waals surface area contributed by atoms with Crippen molar-refractivity contribution in [1.82, 2.24) is 9.97 Å². The second-order valence-corrected chi connectivity index (χ2v) is 4.01. The summed E-state index contributed by atoms with van der Waals surface area (Å²) < 4.78 is 0. The van der Waals surface area contributed by atoms with Gasteiger partial charge in [0.25, 0.3) is 0 Å². The van der Waals surface area contributed by atoms with Crippen LogP contribution in [0.5, 0.6) is 0 Å². The zero-order valence-corrected chi connectivity index (χ0v) is 9.55. The van der Waals surface area contributed by atoms with Gasteiger partial charge in [0, 0.05) is 28.9 Å². The van der Waals surface area contributed by atoms with Gasteiger partial charge in [-0.1, -0.05) is 18.2 Å². The fraction of sp³-hybridized carbons (Fsp3) is 0. The summed E-state index contributed by atoms with van der Waals surface area (Å²) in [5, 5.41) is 0.978. The molecule has 1 aromatic carbocycles. The predicted octanol–water partition coefficient (Wildman–Crippen LogP) is 2.33. The molecule has 0 fully saturated rings. The lowest BCUT2D eigenvalue weighted by molar-refractivity contribution is 0.100. The number of fused-ring (bicyclic) bond motifs is 1. The molecule has 4 nitrogen and oxygen atoms in total. The van der Waals surface area contributed by atoms with Gasteiger partial charge in [0.05, 0.1) is 0 Å². The second-order valence-electron chi connectivity index (χ2n) is 4.01. The van der Waals surface area contributed by atoms with Gasteiger partial charge in [-0.3, -0.25) is 4.79 Å². The number of nitrogens with zero attached hydrogens (tertiary/aromatic N) is 1. The van der Waals surface area contributed by atoms with E-state index in [4.69, 9.17) is 5.73 Å². The largest absolute Gasteiger partial charge is 0.366 e. The molecular formula is C14H11N3O. The van der Waals surface area contributed by atoms with E-state index in [0.29, 0.717) is 5.56 Å². The highest BCUT2D eigenvalue weighted by molar-refractivity contribution is 6.04. The van der Waals surface area contributed by atoms with Gasteiger partial charge in [-0.05, 0) is 23.8 Å². The van der Waals surface area contributed by atoms with Gasteiger partial charge in [0.1, 0.15) is 5.65 Å². The van der Waals surface area contributed by atoms with Crippen molar-refractivity contribution >= 4 is 16.9 Å². The molecule has 0 atom stereocenters. The Kier molecular flexibility index (Phi) is 2.34. The predicted molar refractivity (Wildman–Crippen MR) is 70.0 cm³/mol. The first-order valence-electron chi connectivity index (χ1n) is 5.58. The third-order valence-corrected chi connectivity index (χ3v) is 2.93. The fourth-order valence-electron chi connectivity index (χ4n) is 2.11. The molecule has 1 amide bonds. The average molecular weight is 237 g/mol. The van der Waals surface area contributed by atoms with E-state index < -0.39 is 5.91 Å². The van der Waals surface area contributed by atoms with Crippen LogP contribution in [0.2, 0.25) is 0 Å². The first kappa shape index (κ1) is 10.5. The number of amides is 1. The molecule has 88 valence electrons. The molecule has 4 heteroatoms. The van der Waals surface area contributed by atoms with E-state index in [9.17, 15) is 4.79 Å². The number of benzene rings is 1. The molecule has 18 heavy (non-hydrogen) atoms. The summed E-state index contributed by atoms with van der Waals surface area (Å²) in [6.07, 6.45) is 3.57. The van der Waals surface area contributed by atoms with Crippen LogP contribution in [0.25, 0.3) is 22.2 Å². The number of pyridine rings is 1. The quantitative estimate of drug-likeness (QED) is 0.718. The Morgan fingerprint density at radius 2 is 1.94 bits per heavy atom. The van der Waals surface area contributed by atoms with Crippen molar-refractivity contribution in [3.05, 3.63) is 54.4 Å². The molecule has 0 aliphatic carbocycles. The summed E-state index contributed by atoms with van der Waals surface area (Å²) >= 11 is 0. The fourth-order valence-corrected chi connectivity index (χ4v) is 2.11. The number of aromatic amines is 1. The van der Waals surface area contributed by atoms with E-state index in [1.54, 1.807) is 18.3 Å². The number of aromatic nitrogens is 2. The topological polar surface area (TPSA) is 71.8 Å². The number of carbonyl (C=O) groups excluding carboxylic acids is 1. The van der Waals surface area contributed by atoms with Crippen molar-refractivity contribution < 1.29 is 4.79 Å². The standard InChI is InChI=1S/C14H11N3O/c15-13(18)10-5-2-1-4-9(10)12-8-17-14-11(12)6-3-7-16-14/h1-8H,(H2,15,18)(H,16,17). The van der Waals surface area contributed by atoms with Gasteiger partial charge in [-0.25, -0.2) is 4.98 Å². The second kappa shape index (κ2) is 4.00. The number of nitrogens with one attached hydrogen (secondary N) is 1. The van der Waals surface area contributed by atoms with E-state index in [-0.39, 0.29) is 0 Å². The molecule has 0 aliphatic rings. The normalized spacial score (nSPS) is 10.7. The lowest BCUT2D eigenvalue weighted by atomic mass is 9.99. The van der Waals surface area contributed by atoms with Gasteiger partial charge >= 0.3 is 0 Å². The van der Waals surface area contributed by atoms with Crippen molar-refractivity contribution in [2.75, 3.05) is 0 Å². The summed E-state index contributed by atoms with van der Waals surface area (Å²) in [6.45, 7) is 0. The Morgan fingerprint density at radius 1 is 1.11 bits per heavy atom. The Morgan fingerprint density at radius 3 is 2.78 bits per heavy atom. The summed E-state index contributed by atoms with van der Waals surface area (Å²) in [6, 6.07) is 11.1. The van der Waals surface area contributed by atoms with Crippen LogP contribution in [-0.2, 0) is 0 Å². The number of hydrogen-bond donors (Lipinski definition) is 2. The molecular weight excluding hydrogens is 226 g/mol. The number of rotatable bonds is 2. The zero-order chi connectivity index (χ0) is 12.5. The number of carbonyl (C=O) groups is 1. The van der Waals surface area contributed by atoms with Gasteiger partial charge in [0.15, 0.2) is 0 Å². The van der Waals surface area contributed by atoms with Crippen LogP contribution in [0.4, 0.5) is 0 Å². The minimum absolute atomic E-state index is 0.427. The molecule has 0 radical (unpaired) electrons. The zero-order valence-electron chi connectivity index (χ0n) is 9.55. The van der Waals surface area contributed by atoms with Crippen LogP contribution in [0, 0.1) is 0 Å². The van der Waals surface area contributed by atoms with Crippen molar-refractivity contribution in [3.63, 3.8) is 0 Å². The first-order chi connectivity index (χ1) is 8.77. The molecule has 3 aromatic rings. The van der Waals surface area contributed by atoms with E-state index in [1.807, 2.05) is 30.5 Å². The third kappa shape index (κ3) is 1.55. The smallest absolute Gasteiger partial charge is 0.249 e. The monoisotopic (exact) mass is 237 g/mol. The Balaban J connectivity index is 2.30. The van der Waals surface area contributed by atoms with Gasteiger partial charge in [-0.2, -0.15) is 0 Å². The Bertz CT molecular complexity index is 730. The SMILES string of the molecule is NC(=O)c1ccccc1-c1c[nH]c2ncccc12. The summed E-state index contributed by atoms with van der Waals surface area (Å²) in [4.78, 5) is 18.8. The summed E-state index contributed by atoms with van der Waals surface area (Å²) in [5.41, 5.74) is 8.47. The maximum atomic E-state index is 11.4. The molecule has 0 saturated heterocycles. The van der Waals surface area contributed by atoms with Crippen LogP contribution >= 0.6 is 0 Å². The highest BCUT2D eigenvalue weighted by atomic mass is 16.1. The molecule has 2 aromatic heterocycles. The van der Waals surface area contributed by atoms with Gasteiger partial charge < -0.3 is 10.7 Å². The number of nitrogens with two attached hydrogens (primary N) is 1. The van der Waals surface area contributed by atoms with E-state index in [1.165, 1.54) is 0 Å². The Hall–Kier alpha value is -2.62. The van der Waals surface area contributed by atoms with Gasteiger partial charge in [0.2, 0.25) is 5.91 Å². The van der Waals surface area contributed by atoms with E-state index >= 15 is 0 Å². The van der Waals surface area contributed by atoms with Crippen LogP contribution in [0.1, 0.15) is 10.4 Å². The van der Waals surface area contributed by atoms with E-state index in [0.717, 1.165) is 22.2 Å². The van der Waals surface area contributed by atoms with Crippen molar-refractivity contribution in [2.24, 2.45) is 5.73 Å². The lowest BCUT2D eigenvalue weighted by Gasteiger charge is -2.04. The molecule has 2 heterocycles. The van der Waals surface area contributed by atoms with E-state index in [2.05, 4.69) is 9.97 Å². The number of primary amides is 1. The molecule has 3 N–H and O–H groups in total. The van der Waals surface area contributed by atoms with Gasteiger partial charge in [-0.15, -0.1) is 0 Å². The third-order valence-electron chi connectivity index (χ3n) is 2.93. The molecule has 0 unspecified atom stereocenters. The number of H-pyrrole nitrogens is 1. The van der Waals surface area contributed by atoms with Crippen molar-refractivity contribution in [2.45, 2.75) is 0 Å². The average Bonchev–Trinajstić information content (AvgIpc) is 2.82. The van der Waals surface area contributed by atoms with Crippen molar-refractivity contribution in [3.8, 4) is 11.1 Å².